The van der Waals surface area contributed by atoms with Crippen molar-refractivity contribution in [2.45, 2.75) is 56.8 Å². The number of aromatic nitrogens is 2. The number of aryl methyl sites for hydroxylation is 2. The maximum absolute atomic E-state index is 4.46. The molecule has 4 heteroatoms. The molecule has 0 aliphatic heterocycles. The van der Waals surface area contributed by atoms with Gasteiger partial charge in [0.2, 0.25) is 0 Å². The molecule has 0 atom stereocenters. The molecule has 3 nitrogen and oxygen atoms in total. The molecule has 1 N–H and O–H groups in total. The van der Waals surface area contributed by atoms with Gasteiger partial charge in [0.25, 0.3) is 0 Å². The number of nitrogens with zero attached hydrogens (tertiary/aromatic N) is 2. The molecule has 0 radical (unpaired) electrons. The maximum Gasteiger partial charge on any atom is 0.192 e. The summed E-state index contributed by atoms with van der Waals surface area (Å²) < 4.78 is 0. The second kappa shape index (κ2) is 6.58. The van der Waals surface area contributed by atoms with Gasteiger partial charge in [0.1, 0.15) is 0 Å². The van der Waals surface area contributed by atoms with Gasteiger partial charge in [0.05, 0.1) is 0 Å². The van der Waals surface area contributed by atoms with Crippen LogP contribution in [0.25, 0.3) is 0 Å². The number of rotatable bonds is 4. The van der Waals surface area contributed by atoms with Crippen LogP contribution in [0.4, 0.5) is 0 Å². The van der Waals surface area contributed by atoms with Gasteiger partial charge in [-0.15, -0.1) is 0 Å². The van der Waals surface area contributed by atoms with Gasteiger partial charge in [-0.1, -0.05) is 12.1 Å². The van der Waals surface area contributed by atoms with E-state index >= 15 is 0 Å². The third-order valence-electron chi connectivity index (χ3n) is 2.92. The normalized spacial score (nSPS) is 11.7. The molecular weight excluding hydrogens is 278 g/mol. The van der Waals surface area contributed by atoms with E-state index in [0.29, 0.717) is 0 Å². The fourth-order valence-electron chi connectivity index (χ4n) is 1.89. The van der Waals surface area contributed by atoms with E-state index in [2.05, 4.69) is 60.3 Å². The van der Waals surface area contributed by atoms with E-state index in [1.807, 2.05) is 19.9 Å². The Morgan fingerprint density at radius 1 is 1.00 bits per heavy atom. The summed E-state index contributed by atoms with van der Waals surface area (Å²) in [5.41, 5.74) is 3.45. The lowest BCUT2D eigenvalue weighted by Crippen LogP contribution is -2.35. The largest absolute Gasteiger partial charge is 0.308 e. The van der Waals surface area contributed by atoms with Gasteiger partial charge in [0.15, 0.2) is 5.16 Å². The second-order valence-corrected chi connectivity index (χ2v) is 7.32. The van der Waals surface area contributed by atoms with Crippen molar-refractivity contribution in [1.82, 2.24) is 15.3 Å². The van der Waals surface area contributed by atoms with Crippen LogP contribution in [0.3, 0.4) is 0 Å². The van der Waals surface area contributed by atoms with Gasteiger partial charge in [-0.3, -0.25) is 0 Å². The molecule has 1 heterocycles. The quantitative estimate of drug-likeness (QED) is 0.862. The van der Waals surface area contributed by atoms with E-state index in [4.69, 9.17) is 0 Å². The zero-order valence-corrected chi connectivity index (χ0v) is 14.2. The number of hydrogen-bond donors (Lipinski definition) is 1. The van der Waals surface area contributed by atoms with E-state index in [9.17, 15) is 0 Å². The Morgan fingerprint density at radius 2 is 1.57 bits per heavy atom. The minimum absolute atomic E-state index is 0.139. The first-order valence-electron chi connectivity index (χ1n) is 7.16. The molecule has 0 saturated carbocycles. The Hall–Kier alpha value is -1.39. The van der Waals surface area contributed by atoms with Crippen LogP contribution in [0.1, 0.15) is 37.7 Å². The maximum atomic E-state index is 4.46. The molecule has 2 aromatic rings. The van der Waals surface area contributed by atoms with Crippen molar-refractivity contribution in [3.63, 3.8) is 0 Å². The van der Waals surface area contributed by atoms with Crippen LogP contribution < -0.4 is 5.32 Å². The molecular formula is C17H23N3S. The summed E-state index contributed by atoms with van der Waals surface area (Å²) in [6, 6.07) is 10.6. The molecule has 1 aromatic heterocycles. The highest BCUT2D eigenvalue weighted by Crippen LogP contribution is 2.25. The van der Waals surface area contributed by atoms with Crippen LogP contribution in [-0.2, 0) is 6.54 Å². The molecule has 1 aromatic carbocycles. The Morgan fingerprint density at radius 3 is 2.10 bits per heavy atom. The smallest absolute Gasteiger partial charge is 0.192 e. The molecule has 0 spiro atoms. The first-order chi connectivity index (χ1) is 9.82. The van der Waals surface area contributed by atoms with Crippen molar-refractivity contribution in [1.29, 1.82) is 0 Å². The summed E-state index contributed by atoms with van der Waals surface area (Å²) in [5, 5.41) is 4.30. The van der Waals surface area contributed by atoms with Crippen molar-refractivity contribution < 1.29 is 0 Å². The topological polar surface area (TPSA) is 37.8 Å². The Labute approximate surface area is 131 Å². The molecule has 0 amide bonds. The van der Waals surface area contributed by atoms with Crippen molar-refractivity contribution >= 4 is 11.8 Å². The molecule has 0 aliphatic carbocycles. The fraction of sp³-hybridized carbons (Fsp3) is 0.412. The van der Waals surface area contributed by atoms with Gasteiger partial charge < -0.3 is 5.32 Å². The summed E-state index contributed by atoms with van der Waals surface area (Å²) in [6.07, 6.45) is 0. The van der Waals surface area contributed by atoms with Crippen LogP contribution in [0.15, 0.2) is 40.4 Å². The SMILES string of the molecule is Cc1cc(C)nc(Sc2ccc(CNC(C)(C)C)cc2)n1. The lowest BCUT2D eigenvalue weighted by atomic mass is 10.1. The Bertz CT molecular complexity index is 580. The third-order valence-corrected chi connectivity index (χ3v) is 3.79. The zero-order valence-electron chi connectivity index (χ0n) is 13.4. The standard InChI is InChI=1S/C17H23N3S/c1-12-10-13(2)20-16(19-12)21-15-8-6-14(7-9-15)11-18-17(3,4)5/h6-10,18H,11H2,1-5H3. The molecule has 2 rings (SSSR count). The van der Waals surface area contributed by atoms with Crippen molar-refractivity contribution in [3.05, 3.63) is 47.3 Å². The van der Waals surface area contributed by atoms with Crippen LogP contribution in [0.2, 0.25) is 0 Å². The first-order valence-corrected chi connectivity index (χ1v) is 7.97. The van der Waals surface area contributed by atoms with E-state index in [-0.39, 0.29) is 5.54 Å². The fourth-order valence-corrected chi connectivity index (χ4v) is 2.75. The number of nitrogens with one attached hydrogen (secondary N) is 1. The predicted molar refractivity (Wildman–Crippen MR) is 88.7 cm³/mol. The first kappa shape index (κ1) is 16.0. The molecule has 0 bridgehead atoms. The second-order valence-electron chi connectivity index (χ2n) is 6.28. The van der Waals surface area contributed by atoms with Gasteiger partial charge in [-0.2, -0.15) is 0 Å². The monoisotopic (exact) mass is 301 g/mol. The average Bonchev–Trinajstić information content (AvgIpc) is 2.36. The van der Waals surface area contributed by atoms with Crippen molar-refractivity contribution in [2.75, 3.05) is 0 Å². The van der Waals surface area contributed by atoms with E-state index < -0.39 is 0 Å². The summed E-state index contributed by atoms with van der Waals surface area (Å²) in [6.45, 7) is 11.4. The molecule has 112 valence electrons. The van der Waals surface area contributed by atoms with E-state index in [0.717, 1.165) is 23.1 Å². The van der Waals surface area contributed by atoms with Crippen molar-refractivity contribution in [2.24, 2.45) is 0 Å². The highest BCUT2D eigenvalue weighted by Gasteiger charge is 2.08. The Kier molecular flexibility index (Phi) is 5.01. The lowest BCUT2D eigenvalue weighted by molar-refractivity contribution is 0.424. The van der Waals surface area contributed by atoms with Gasteiger partial charge in [-0.05, 0) is 70.1 Å². The van der Waals surface area contributed by atoms with Gasteiger partial charge in [-0.25, -0.2) is 9.97 Å². The van der Waals surface area contributed by atoms with Crippen LogP contribution >= 0.6 is 11.8 Å². The van der Waals surface area contributed by atoms with E-state index in [1.165, 1.54) is 10.5 Å². The third kappa shape index (κ3) is 5.48. The van der Waals surface area contributed by atoms with Crippen molar-refractivity contribution in [3.8, 4) is 0 Å². The summed E-state index contributed by atoms with van der Waals surface area (Å²) in [5.74, 6) is 0. The number of benzene rings is 1. The van der Waals surface area contributed by atoms with Crippen LogP contribution in [-0.4, -0.2) is 15.5 Å². The summed E-state index contributed by atoms with van der Waals surface area (Å²) in [4.78, 5) is 10.1. The van der Waals surface area contributed by atoms with Gasteiger partial charge >= 0.3 is 0 Å². The summed E-state index contributed by atoms with van der Waals surface area (Å²) >= 11 is 1.61. The number of hydrogen-bond acceptors (Lipinski definition) is 4. The molecule has 0 fully saturated rings. The highest BCUT2D eigenvalue weighted by atomic mass is 32.2. The van der Waals surface area contributed by atoms with Crippen LogP contribution in [0.5, 0.6) is 0 Å². The van der Waals surface area contributed by atoms with E-state index in [1.54, 1.807) is 11.8 Å². The predicted octanol–water partition coefficient (Wildman–Crippen LogP) is 4.13. The van der Waals surface area contributed by atoms with Gasteiger partial charge in [0, 0.05) is 28.4 Å². The molecule has 0 saturated heterocycles. The van der Waals surface area contributed by atoms with Crippen LogP contribution in [0, 0.1) is 13.8 Å². The minimum atomic E-state index is 0.139. The Balaban J connectivity index is 2.02. The lowest BCUT2D eigenvalue weighted by Gasteiger charge is -2.20. The zero-order chi connectivity index (χ0) is 15.5. The highest BCUT2D eigenvalue weighted by molar-refractivity contribution is 7.99. The molecule has 21 heavy (non-hydrogen) atoms. The molecule has 0 unspecified atom stereocenters. The summed E-state index contributed by atoms with van der Waals surface area (Å²) in [7, 11) is 0. The molecule has 0 aliphatic rings. The minimum Gasteiger partial charge on any atom is -0.308 e. The average molecular weight is 301 g/mol.